The molecule has 0 aromatic carbocycles. The molecular weight excluding hydrogens is 204 g/mol. The fourth-order valence-electron chi connectivity index (χ4n) is 1.44. The Morgan fingerprint density at radius 3 is 2.85 bits per heavy atom. The molecule has 1 unspecified atom stereocenters. The van der Waals surface area contributed by atoms with Crippen LogP contribution in [0.15, 0.2) is 0 Å². The van der Waals surface area contributed by atoms with Crippen molar-refractivity contribution in [3.63, 3.8) is 0 Å². The zero-order chi connectivity index (χ0) is 9.52. The van der Waals surface area contributed by atoms with E-state index in [9.17, 15) is 4.79 Å². The molecule has 13 heavy (non-hydrogen) atoms. The van der Waals surface area contributed by atoms with Crippen LogP contribution in [-0.4, -0.2) is 22.6 Å². The number of carboxylic acids is 1. The van der Waals surface area contributed by atoms with Crippen LogP contribution in [0, 0.1) is 5.92 Å². The van der Waals surface area contributed by atoms with Crippen LogP contribution in [0.5, 0.6) is 0 Å². The summed E-state index contributed by atoms with van der Waals surface area (Å²) < 4.78 is 0. The van der Waals surface area contributed by atoms with Crippen LogP contribution in [0.1, 0.15) is 32.1 Å². The molecule has 0 amide bonds. The first-order chi connectivity index (χ1) is 6.29. The highest BCUT2D eigenvalue weighted by Crippen LogP contribution is 2.34. The molecule has 1 atom stereocenters. The van der Waals surface area contributed by atoms with Gasteiger partial charge in [-0.1, -0.05) is 28.0 Å². The lowest BCUT2D eigenvalue weighted by Crippen LogP contribution is -2.08. The predicted octanol–water partition coefficient (Wildman–Crippen LogP) is 3.03. The van der Waals surface area contributed by atoms with Crippen LogP contribution in [0.4, 0.5) is 0 Å². The lowest BCUT2D eigenvalue weighted by atomic mass is 10.0. The largest absolute Gasteiger partial charge is 0.481 e. The SMILES string of the molecule is O=C(O)CCCCC1CCSSC1. The van der Waals surface area contributed by atoms with Gasteiger partial charge < -0.3 is 5.11 Å². The van der Waals surface area contributed by atoms with Crippen LogP contribution in [0.25, 0.3) is 0 Å². The fraction of sp³-hybridized carbons (Fsp3) is 0.889. The molecule has 0 aromatic rings. The van der Waals surface area contributed by atoms with Crippen molar-refractivity contribution in [2.45, 2.75) is 32.1 Å². The van der Waals surface area contributed by atoms with Gasteiger partial charge >= 0.3 is 5.97 Å². The smallest absolute Gasteiger partial charge is 0.303 e. The van der Waals surface area contributed by atoms with Crippen LogP contribution >= 0.6 is 21.6 Å². The number of unbranched alkanes of at least 4 members (excludes halogenated alkanes) is 1. The van der Waals surface area contributed by atoms with E-state index in [4.69, 9.17) is 5.11 Å². The molecule has 0 bridgehead atoms. The predicted molar refractivity (Wildman–Crippen MR) is 59.1 cm³/mol. The van der Waals surface area contributed by atoms with Crippen molar-refractivity contribution in [2.75, 3.05) is 11.5 Å². The summed E-state index contributed by atoms with van der Waals surface area (Å²) in [6.45, 7) is 0. The molecule has 0 aliphatic carbocycles. The Labute approximate surface area is 87.3 Å². The van der Waals surface area contributed by atoms with Gasteiger partial charge in [0.05, 0.1) is 0 Å². The van der Waals surface area contributed by atoms with Gasteiger partial charge in [0.2, 0.25) is 0 Å². The number of hydrogen-bond donors (Lipinski definition) is 1. The third-order valence-electron chi connectivity index (χ3n) is 2.25. The Hall–Kier alpha value is 0.170. The highest BCUT2D eigenvalue weighted by molar-refractivity contribution is 8.76. The fourth-order valence-corrected chi connectivity index (χ4v) is 4.12. The van der Waals surface area contributed by atoms with Gasteiger partial charge in [-0.25, -0.2) is 0 Å². The molecule has 1 heterocycles. The first kappa shape index (κ1) is 11.2. The Morgan fingerprint density at radius 1 is 1.38 bits per heavy atom. The van der Waals surface area contributed by atoms with Gasteiger partial charge in [-0.3, -0.25) is 4.79 Å². The van der Waals surface area contributed by atoms with Crippen molar-refractivity contribution < 1.29 is 9.90 Å². The summed E-state index contributed by atoms with van der Waals surface area (Å²) in [7, 11) is 3.93. The van der Waals surface area contributed by atoms with E-state index in [1.165, 1.54) is 24.3 Å². The summed E-state index contributed by atoms with van der Waals surface area (Å²) in [6, 6.07) is 0. The molecule has 0 radical (unpaired) electrons. The van der Waals surface area contributed by atoms with E-state index >= 15 is 0 Å². The quantitative estimate of drug-likeness (QED) is 0.571. The Kier molecular flexibility index (Phi) is 5.71. The average Bonchev–Trinajstić information content (AvgIpc) is 2.14. The molecular formula is C9H16O2S2. The van der Waals surface area contributed by atoms with Crippen molar-refractivity contribution >= 4 is 27.6 Å². The summed E-state index contributed by atoms with van der Waals surface area (Å²) >= 11 is 0. The van der Waals surface area contributed by atoms with Gasteiger partial charge in [0.25, 0.3) is 0 Å². The number of aliphatic carboxylic acids is 1. The van der Waals surface area contributed by atoms with Crippen molar-refractivity contribution in [1.29, 1.82) is 0 Å². The van der Waals surface area contributed by atoms with Crippen LogP contribution in [-0.2, 0) is 4.79 Å². The van der Waals surface area contributed by atoms with Crippen molar-refractivity contribution in [1.82, 2.24) is 0 Å². The zero-order valence-corrected chi connectivity index (χ0v) is 9.33. The lowest BCUT2D eigenvalue weighted by molar-refractivity contribution is -0.137. The minimum atomic E-state index is -0.659. The van der Waals surface area contributed by atoms with Crippen molar-refractivity contribution in [2.24, 2.45) is 5.92 Å². The summed E-state index contributed by atoms with van der Waals surface area (Å²) in [4.78, 5) is 10.2. The van der Waals surface area contributed by atoms with Gasteiger partial charge in [-0.15, -0.1) is 0 Å². The molecule has 0 aromatic heterocycles. The minimum Gasteiger partial charge on any atom is -0.481 e. The Balaban J connectivity index is 1.95. The number of carboxylic acid groups (broad SMARTS) is 1. The van der Waals surface area contributed by atoms with Crippen LogP contribution in [0.3, 0.4) is 0 Å². The molecule has 0 saturated carbocycles. The third kappa shape index (κ3) is 5.47. The maximum atomic E-state index is 10.2. The number of carbonyl (C=O) groups is 1. The van der Waals surface area contributed by atoms with Crippen molar-refractivity contribution in [3.8, 4) is 0 Å². The lowest BCUT2D eigenvalue weighted by Gasteiger charge is -2.19. The molecule has 1 saturated heterocycles. The summed E-state index contributed by atoms with van der Waals surface area (Å²) in [5.41, 5.74) is 0. The molecule has 0 spiro atoms. The number of hydrogen-bond acceptors (Lipinski definition) is 3. The van der Waals surface area contributed by atoms with Gasteiger partial charge in [0.15, 0.2) is 0 Å². The Bertz CT molecular complexity index is 156. The van der Waals surface area contributed by atoms with E-state index in [-0.39, 0.29) is 0 Å². The molecule has 1 aliphatic rings. The molecule has 76 valence electrons. The minimum absolute atomic E-state index is 0.342. The summed E-state index contributed by atoms with van der Waals surface area (Å²) in [5.74, 6) is 2.72. The Morgan fingerprint density at radius 2 is 2.23 bits per heavy atom. The molecule has 4 heteroatoms. The second-order valence-corrected chi connectivity index (χ2v) is 6.03. The van der Waals surface area contributed by atoms with E-state index in [0.717, 1.165) is 18.8 Å². The van der Waals surface area contributed by atoms with Gasteiger partial charge in [-0.2, -0.15) is 0 Å². The molecule has 2 nitrogen and oxygen atoms in total. The molecule has 1 rings (SSSR count). The maximum absolute atomic E-state index is 10.2. The second kappa shape index (κ2) is 6.60. The molecule has 1 fully saturated rings. The van der Waals surface area contributed by atoms with Gasteiger partial charge in [-0.05, 0) is 25.2 Å². The van der Waals surface area contributed by atoms with Crippen molar-refractivity contribution in [3.05, 3.63) is 0 Å². The summed E-state index contributed by atoms with van der Waals surface area (Å²) in [6.07, 6.45) is 4.83. The van der Waals surface area contributed by atoms with Crippen LogP contribution in [0.2, 0.25) is 0 Å². The topological polar surface area (TPSA) is 37.3 Å². The van der Waals surface area contributed by atoms with E-state index in [1.807, 2.05) is 21.6 Å². The highest BCUT2D eigenvalue weighted by atomic mass is 33.1. The second-order valence-electron chi connectivity index (χ2n) is 3.40. The molecule has 1 aliphatic heterocycles. The van der Waals surface area contributed by atoms with E-state index in [2.05, 4.69) is 0 Å². The maximum Gasteiger partial charge on any atom is 0.303 e. The summed E-state index contributed by atoms with van der Waals surface area (Å²) in [5, 5.41) is 8.44. The normalized spacial score (nSPS) is 22.9. The average molecular weight is 220 g/mol. The number of rotatable bonds is 5. The van der Waals surface area contributed by atoms with E-state index in [1.54, 1.807) is 0 Å². The van der Waals surface area contributed by atoms with Crippen LogP contribution < -0.4 is 0 Å². The van der Waals surface area contributed by atoms with E-state index in [0.29, 0.717) is 6.42 Å². The van der Waals surface area contributed by atoms with Gasteiger partial charge in [0.1, 0.15) is 0 Å². The highest BCUT2D eigenvalue weighted by Gasteiger charge is 2.13. The molecule has 1 N–H and O–H groups in total. The zero-order valence-electron chi connectivity index (χ0n) is 7.70. The first-order valence-electron chi connectivity index (χ1n) is 4.75. The van der Waals surface area contributed by atoms with E-state index < -0.39 is 5.97 Å². The third-order valence-corrected chi connectivity index (χ3v) is 4.83. The van der Waals surface area contributed by atoms with Gasteiger partial charge in [0, 0.05) is 17.9 Å². The first-order valence-corrected chi connectivity index (χ1v) is 7.24. The monoisotopic (exact) mass is 220 g/mol. The standard InChI is InChI=1S/C9H16O2S2/c10-9(11)4-2-1-3-8-5-6-12-13-7-8/h8H,1-7H2,(H,10,11).